The standard InChI is InChI=1S/C15H16Cl2N2/c1-11-14(17)6-3-7-15(11)19-9-8-18-13-5-2-4-12(16)10-13/h2-7,10,18-19H,8-9H2,1H3. The van der Waals surface area contributed by atoms with Crippen LogP contribution in [-0.4, -0.2) is 13.1 Å². The van der Waals surface area contributed by atoms with Crippen LogP contribution < -0.4 is 10.6 Å². The zero-order valence-corrected chi connectivity index (χ0v) is 12.2. The third-order valence-corrected chi connectivity index (χ3v) is 3.51. The highest BCUT2D eigenvalue weighted by Gasteiger charge is 2.00. The second-order valence-electron chi connectivity index (χ2n) is 4.28. The molecule has 0 aliphatic carbocycles. The molecule has 2 nitrogen and oxygen atoms in total. The van der Waals surface area contributed by atoms with Crippen LogP contribution in [0.15, 0.2) is 42.5 Å². The second-order valence-corrected chi connectivity index (χ2v) is 5.12. The second kappa shape index (κ2) is 6.69. The predicted octanol–water partition coefficient (Wildman–Crippen LogP) is 4.83. The molecular formula is C15H16Cl2N2. The van der Waals surface area contributed by atoms with E-state index >= 15 is 0 Å². The van der Waals surface area contributed by atoms with Gasteiger partial charge in [-0.2, -0.15) is 0 Å². The summed E-state index contributed by atoms with van der Waals surface area (Å²) in [5.74, 6) is 0. The molecule has 0 unspecified atom stereocenters. The summed E-state index contributed by atoms with van der Waals surface area (Å²) in [4.78, 5) is 0. The van der Waals surface area contributed by atoms with Gasteiger partial charge < -0.3 is 10.6 Å². The fraction of sp³-hybridized carbons (Fsp3) is 0.200. The number of nitrogens with one attached hydrogen (secondary N) is 2. The number of anilines is 2. The van der Waals surface area contributed by atoms with Gasteiger partial charge in [0.25, 0.3) is 0 Å². The lowest BCUT2D eigenvalue weighted by Gasteiger charge is -2.12. The van der Waals surface area contributed by atoms with Crippen molar-refractivity contribution in [3.8, 4) is 0 Å². The summed E-state index contributed by atoms with van der Waals surface area (Å²) in [5.41, 5.74) is 3.17. The Bertz CT molecular complexity index is 556. The predicted molar refractivity (Wildman–Crippen MR) is 84.6 cm³/mol. The lowest BCUT2D eigenvalue weighted by Crippen LogP contribution is -2.14. The highest BCUT2D eigenvalue weighted by Crippen LogP contribution is 2.22. The van der Waals surface area contributed by atoms with E-state index in [-0.39, 0.29) is 0 Å². The average molecular weight is 295 g/mol. The summed E-state index contributed by atoms with van der Waals surface area (Å²) in [6, 6.07) is 13.6. The zero-order chi connectivity index (χ0) is 13.7. The maximum absolute atomic E-state index is 6.07. The fourth-order valence-electron chi connectivity index (χ4n) is 1.80. The van der Waals surface area contributed by atoms with Gasteiger partial charge in [0.15, 0.2) is 0 Å². The molecule has 0 fully saturated rings. The zero-order valence-electron chi connectivity index (χ0n) is 10.7. The molecule has 2 N–H and O–H groups in total. The van der Waals surface area contributed by atoms with Gasteiger partial charge in [-0.15, -0.1) is 0 Å². The van der Waals surface area contributed by atoms with Gasteiger partial charge in [0.2, 0.25) is 0 Å². The summed E-state index contributed by atoms with van der Waals surface area (Å²) < 4.78 is 0. The van der Waals surface area contributed by atoms with Crippen LogP contribution in [-0.2, 0) is 0 Å². The van der Waals surface area contributed by atoms with Crippen molar-refractivity contribution in [2.75, 3.05) is 23.7 Å². The van der Waals surface area contributed by atoms with E-state index in [1.165, 1.54) is 0 Å². The van der Waals surface area contributed by atoms with E-state index in [9.17, 15) is 0 Å². The number of halogens is 2. The van der Waals surface area contributed by atoms with Crippen molar-refractivity contribution in [2.24, 2.45) is 0 Å². The normalized spacial score (nSPS) is 10.3. The van der Waals surface area contributed by atoms with Crippen molar-refractivity contribution in [3.05, 3.63) is 58.1 Å². The molecule has 0 heterocycles. The molecule has 0 aliphatic rings. The Morgan fingerprint density at radius 2 is 1.68 bits per heavy atom. The van der Waals surface area contributed by atoms with Gasteiger partial charge in [0.1, 0.15) is 0 Å². The highest BCUT2D eigenvalue weighted by atomic mass is 35.5. The fourth-order valence-corrected chi connectivity index (χ4v) is 2.17. The molecule has 0 amide bonds. The third-order valence-electron chi connectivity index (χ3n) is 2.86. The highest BCUT2D eigenvalue weighted by molar-refractivity contribution is 6.31. The van der Waals surface area contributed by atoms with Gasteiger partial charge in [-0.25, -0.2) is 0 Å². The Morgan fingerprint density at radius 3 is 2.47 bits per heavy atom. The van der Waals surface area contributed by atoms with Gasteiger partial charge in [-0.1, -0.05) is 35.3 Å². The SMILES string of the molecule is Cc1c(Cl)cccc1NCCNc1cccc(Cl)c1. The van der Waals surface area contributed by atoms with Gasteiger partial charge in [0.05, 0.1) is 0 Å². The molecule has 0 spiro atoms. The van der Waals surface area contributed by atoms with Crippen LogP contribution in [0.4, 0.5) is 11.4 Å². The maximum atomic E-state index is 6.07. The summed E-state index contributed by atoms with van der Waals surface area (Å²) in [7, 11) is 0. The first-order chi connectivity index (χ1) is 9.16. The van der Waals surface area contributed by atoms with E-state index in [0.29, 0.717) is 0 Å². The number of hydrogen-bond acceptors (Lipinski definition) is 2. The molecule has 2 aromatic rings. The summed E-state index contributed by atoms with van der Waals surface area (Å²) in [6.45, 7) is 3.63. The molecule has 0 aromatic heterocycles. The Hall–Kier alpha value is -1.38. The molecule has 2 aromatic carbocycles. The largest absolute Gasteiger partial charge is 0.383 e. The summed E-state index contributed by atoms with van der Waals surface area (Å²) >= 11 is 12.0. The smallest absolute Gasteiger partial charge is 0.0455 e. The molecule has 100 valence electrons. The van der Waals surface area contributed by atoms with Crippen molar-refractivity contribution in [1.29, 1.82) is 0 Å². The molecule has 0 aliphatic heterocycles. The number of benzene rings is 2. The van der Waals surface area contributed by atoms with E-state index in [1.54, 1.807) is 0 Å². The van der Waals surface area contributed by atoms with Gasteiger partial charge in [-0.05, 0) is 42.8 Å². The summed E-state index contributed by atoms with van der Waals surface area (Å²) in [6.07, 6.45) is 0. The first-order valence-electron chi connectivity index (χ1n) is 6.15. The van der Waals surface area contributed by atoms with Crippen molar-refractivity contribution in [1.82, 2.24) is 0 Å². The minimum absolute atomic E-state index is 0.739. The molecule has 4 heteroatoms. The topological polar surface area (TPSA) is 24.1 Å². The van der Waals surface area contributed by atoms with Crippen LogP contribution in [0.5, 0.6) is 0 Å². The van der Waals surface area contributed by atoms with Crippen molar-refractivity contribution in [3.63, 3.8) is 0 Å². The monoisotopic (exact) mass is 294 g/mol. The van der Waals surface area contributed by atoms with Crippen LogP contribution in [0.1, 0.15) is 5.56 Å². The molecule has 2 rings (SSSR count). The van der Waals surface area contributed by atoms with E-state index in [4.69, 9.17) is 23.2 Å². The minimum Gasteiger partial charge on any atom is -0.383 e. The number of hydrogen-bond donors (Lipinski definition) is 2. The Labute approximate surface area is 123 Å². The van der Waals surface area contributed by atoms with Crippen LogP contribution in [0.2, 0.25) is 10.0 Å². The van der Waals surface area contributed by atoms with Crippen molar-refractivity contribution >= 4 is 34.6 Å². The minimum atomic E-state index is 0.739. The van der Waals surface area contributed by atoms with Gasteiger partial charge >= 0.3 is 0 Å². The van der Waals surface area contributed by atoms with Crippen molar-refractivity contribution < 1.29 is 0 Å². The lowest BCUT2D eigenvalue weighted by atomic mass is 10.2. The number of rotatable bonds is 5. The lowest BCUT2D eigenvalue weighted by molar-refractivity contribution is 1.07. The molecule has 0 saturated heterocycles. The van der Waals surface area contributed by atoms with Crippen LogP contribution in [0.25, 0.3) is 0 Å². The van der Waals surface area contributed by atoms with E-state index in [1.807, 2.05) is 49.4 Å². The van der Waals surface area contributed by atoms with Gasteiger partial charge in [0, 0.05) is 34.5 Å². The molecule has 0 atom stereocenters. The average Bonchev–Trinajstić information content (AvgIpc) is 2.39. The van der Waals surface area contributed by atoms with Crippen molar-refractivity contribution in [2.45, 2.75) is 6.92 Å². The molecule has 0 radical (unpaired) electrons. The Kier molecular flexibility index (Phi) is 4.94. The van der Waals surface area contributed by atoms with Crippen LogP contribution >= 0.6 is 23.2 Å². The molecular weight excluding hydrogens is 279 g/mol. The first kappa shape index (κ1) is 14.0. The van der Waals surface area contributed by atoms with E-state index < -0.39 is 0 Å². The third kappa shape index (κ3) is 4.05. The molecule has 19 heavy (non-hydrogen) atoms. The summed E-state index contributed by atoms with van der Waals surface area (Å²) in [5, 5.41) is 8.19. The maximum Gasteiger partial charge on any atom is 0.0455 e. The van der Waals surface area contributed by atoms with Crippen LogP contribution in [0, 0.1) is 6.92 Å². The molecule has 0 bridgehead atoms. The van der Waals surface area contributed by atoms with Gasteiger partial charge in [-0.3, -0.25) is 0 Å². The van der Waals surface area contributed by atoms with E-state index in [2.05, 4.69) is 10.6 Å². The molecule has 0 saturated carbocycles. The van der Waals surface area contributed by atoms with E-state index in [0.717, 1.165) is 40.1 Å². The quantitative estimate of drug-likeness (QED) is 0.772. The Morgan fingerprint density at radius 1 is 0.947 bits per heavy atom. The Balaban J connectivity index is 1.82. The first-order valence-corrected chi connectivity index (χ1v) is 6.91. The van der Waals surface area contributed by atoms with Crippen LogP contribution in [0.3, 0.4) is 0 Å².